The minimum absolute atomic E-state index is 0.231. The second-order valence-electron chi connectivity index (χ2n) is 3.74. The first kappa shape index (κ1) is 12.6. The Hall–Kier alpha value is -2.81. The highest BCUT2D eigenvalue weighted by atomic mass is 16.5. The Morgan fingerprint density at radius 3 is 3.11 bits per heavy atom. The van der Waals surface area contributed by atoms with Gasteiger partial charge < -0.3 is 10.5 Å². The number of nitrogen functional groups attached to an aromatic ring is 1. The fourth-order valence-electron chi connectivity index (χ4n) is 1.68. The Morgan fingerprint density at radius 2 is 2.42 bits per heavy atom. The number of anilines is 1. The van der Waals surface area contributed by atoms with Crippen molar-refractivity contribution in [3.8, 4) is 11.9 Å². The number of esters is 1. The van der Waals surface area contributed by atoms with Gasteiger partial charge in [0.2, 0.25) is 0 Å². The Morgan fingerprint density at radius 1 is 1.63 bits per heavy atom. The maximum atomic E-state index is 11.9. The molecule has 0 aliphatic rings. The van der Waals surface area contributed by atoms with Crippen LogP contribution in [0.4, 0.5) is 5.69 Å². The quantitative estimate of drug-likeness (QED) is 0.840. The first-order valence-corrected chi connectivity index (χ1v) is 5.67. The van der Waals surface area contributed by atoms with Crippen molar-refractivity contribution in [3.63, 3.8) is 0 Å². The molecular formula is C13H12N4O2. The molecule has 2 aromatic rings. The van der Waals surface area contributed by atoms with Gasteiger partial charge in [0.15, 0.2) is 5.82 Å². The molecule has 0 aliphatic heterocycles. The molecule has 0 aliphatic carbocycles. The van der Waals surface area contributed by atoms with E-state index >= 15 is 0 Å². The topological polar surface area (TPSA) is 93.9 Å². The lowest BCUT2D eigenvalue weighted by Gasteiger charge is -2.10. The van der Waals surface area contributed by atoms with Gasteiger partial charge in [-0.3, -0.25) is 4.57 Å². The minimum Gasteiger partial charge on any atom is -0.462 e. The number of aromatic nitrogens is 2. The molecule has 0 amide bonds. The van der Waals surface area contributed by atoms with E-state index in [0.29, 0.717) is 17.2 Å². The summed E-state index contributed by atoms with van der Waals surface area (Å²) in [5.41, 5.74) is 6.61. The molecule has 0 fully saturated rings. The Labute approximate surface area is 110 Å². The summed E-state index contributed by atoms with van der Waals surface area (Å²) in [7, 11) is 0. The van der Waals surface area contributed by atoms with Crippen LogP contribution in [-0.2, 0) is 4.74 Å². The van der Waals surface area contributed by atoms with Crippen molar-refractivity contribution >= 4 is 11.7 Å². The molecular weight excluding hydrogens is 244 g/mol. The summed E-state index contributed by atoms with van der Waals surface area (Å²) in [4.78, 5) is 16.0. The summed E-state index contributed by atoms with van der Waals surface area (Å²) >= 11 is 0. The third kappa shape index (κ3) is 2.40. The normalized spacial score (nSPS) is 9.89. The zero-order valence-electron chi connectivity index (χ0n) is 10.3. The Kier molecular flexibility index (Phi) is 3.48. The molecule has 2 heterocycles. The van der Waals surface area contributed by atoms with Gasteiger partial charge in [-0.1, -0.05) is 0 Å². The van der Waals surface area contributed by atoms with Gasteiger partial charge in [-0.05, 0) is 25.1 Å². The summed E-state index contributed by atoms with van der Waals surface area (Å²) < 4.78 is 6.48. The van der Waals surface area contributed by atoms with Gasteiger partial charge in [-0.15, -0.1) is 0 Å². The van der Waals surface area contributed by atoms with Gasteiger partial charge in [-0.2, -0.15) is 5.26 Å². The summed E-state index contributed by atoms with van der Waals surface area (Å²) in [5.74, 6) is -0.191. The van der Waals surface area contributed by atoms with Crippen LogP contribution in [0.15, 0.2) is 30.6 Å². The van der Waals surface area contributed by atoms with E-state index in [1.165, 1.54) is 16.8 Å². The van der Waals surface area contributed by atoms with E-state index in [4.69, 9.17) is 15.7 Å². The van der Waals surface area contributed by atoms with Gasteiger partial charge in [0.25, 0.3) is 0 Å². The summed E-state index contributed by atoms with van der Waals surface area (Å²) in [6, 6.07) is 6.85. The molecule has 0 aromatic carbocycles. The van der Waals surface area contributed by atoms with Crippen molar-refractivity contribution < 1.29 is 9.53 Å². The van der Waals surface area contributed by atoms with Crippen LogP contribution in [0.25, 0.3) is 5.82 Å². The van der Waals surface area contributed by atoms with Crippen molar-refractivity contribution in [2.24, 2.45) is 0 Å². The van der Waals surface area contributed by atoms with E-state index in [0.717, 1.165) is 0 Å². The van der Waals surface area contributed by atoms with Gasteiger partial charge >= 0.3 is 5.97 Å². The SMILES string of the molecule is CCOC(=O)c1cc(N)cnc1-n1cccc1C#N. The highest BCUT2D eigenvalue weighted by molar-refractivity contribution is 5.93. The van der Waals surface area contributed by atoms with Gasteiger partial charge in [0.1, 0.15) is 17.3 Å². The average molecular weight is 256 g/mol. The number of nitrogens with two attached hydrogens (primary N) is 1. The summed E-state index contributed by atoms with van der Waals surface area (Å²) in [6.07, 6.45) is 3.08. The molecule has 0 radical (unpaired) electrons. The molecule has 0 unspecified atom stereocenters. The predicted molar refractivity (Wildman–Crippen MR) is 68.6 cm³/mol. The molecule has 0 saturated carbocycles. The fraction of sp³-hybridized carbons (Fsp3) is 0.154. The van der Waals surface area contributed by atoms with Crippen LogP contribution in [0.1, 0.15) is 23.0 Å². The lowest BCUT2D eigenvalue weighted by molar-refractivity contribution is 0.0526. The van der Waals surface area contributed by atoms with Crippen molar-refractivity contribution in [3.05, 3.63) is 41.9 Å². The largest absolute Gasteiger partial charge is 0.462 e. The van der Waals surface area contributed by atoms with E-state index in [2.05, 4.69) is 4.98 Å². The number of ether oxygens (including phenoxy) is 1. The van der Waals surface area contributed by atoms with E-state index in [1.807, 2.05) is 6.07 Å². The van der Waals surface area contributed by atoms with Crippen LogP contribution < -0.4 is 5.73 Å². The van der Waals surface area contributed by atoms with Crippen LogP contribution in [0.3, 0.4) is 0 Å². The number of pyridine rings is 1. The maximum Gasteiger partial charge on any atom is 0.342 e. The number of nitriles is 1. The molecule has 2 aromatic heterocycles. The minimum atomic E-state index is -0.519. The monoisotopic (exact) mass is 256 g/mol. The van der Waals surface area contributed by atoms with Gasteiger partial charge in [-0.25, -0.2) is 9.78 Å². The number of nitrogens with zero attached hydrogens (tertiary/aromatic N) is 3. The molecule has 6 nitrogen and oxygen atoms in total. The van der Waals surface area contributed by atoms with E-state index in [9.17, 15) is 4.79 Å². The fourth-order valence-corrected chi connectivity index (χ4v) is 1.68. The van der Waals surface area contributed by atoms with Crippen molar-refractivity contribution in [2.45, 2.75) is 6.92 Å². The van der Waals surface area contributed by atoms with E-state index < -0.39 is 5.97 Å². The Bertz CT molecular complexity index is 655. The predicted octanol–water partition coefficient (Wildman–Crippen LogP) is 1.50. The van der Waals surface area contributed by atoms with Crippen LogP contribution in [-0.4, -0.2) is 22.1 Å². The zero-order chi connectivity index (χ0) is 13.8. The average Bonchev–Trinajstić information content (AvgIpc) is 2.87. The van der Waals surface area contributed by atoms with Gasteiger partial charge in [0, 0.05) is 6.20 Å². The molecule has 0 spiro atoms. The zero-order valence-corrected chi connectivity index (χ0v) is 10.3. The van der Waals surface area contributed by atoms with E-state index in [-0.39, 0.29) is 12.2 Å². The molecule has 0 atom stereocenters. The third-order valence-corrected chi connectivity index (χ3v) is 2.47. The second-order valence-corrected chi connectivity index (χ2v) is 3.74. The first-order valence-electron chi connectivity index (χ1n) is 5.67. The molecule has 19 heavy (non-hydrogen) atoms. The van der Waals surface area contributed by atoms with Crippen LogP contribution in [0.2, 0.25) is 0 Å². The second kappa shape index (κ2) is 5.23. The number of carbonyl (C=O) groups excluding carboxylic acids is 1. The maximum absolute atomic E-state index is 11.9. The van der Waals surface area contributed by atoms with Crippen molar-refractivity contribution in [1.82, 2.24) is 9.55 Å². The lowest BCUT2D eigenvalue weighted by Crippen LogP contribution is -2.12. The summed E-state index contributed by atoms with van der Waals surface area (Å²) in [5, 5.41) is 9.02. The third-order valence-electron chi connectivity index (χ3n) is 2.47. The summed E-state index contributed by atoms with van der Waals surface area (Å²) in [6.45, 7) is 1.97. The van der Waals surface area contributed by atoms with Crippen LogP contribution in [0.5, 0.6) is 0 Å². The highest BCUT2D eigenvalue weighted by Crippen LogP contribution is 2.18. The lowest BCUT2D eigenvalue weighted by atomic mass is 10.2. The van der Waals surface area contributed by atoms with Gasteiger partial charge in [0.05, 0.1) is 18.5 Å². The molecule has 0 bridgehead atoms. The molecule has 2 rings (SSSR count). The Balaban J connectivity index is 2.58. The van der Waals surface area contributed by atoms with Crippen molar-refractivity contribution in [1.29, 1.82) is 5.26 Å². The molecule has 0 saturated heterocycles. The molecule has 96 valence electrons. The number of rotatable bonds is 3. The molecule has 2 N–H and O–H groups in total. The van der Waals surface area contributed by atoms with E-state index in [1.54, 1.807) is 25.3 Å². The number of hydrogen-bond acceptors (Lipinski definition) is 5. The van der Waals surface area contributed by atoms with Crippen LogP contribution >= 0.6 is 0 Å². The number of hydrogen-bond donors (Lipinski definition) is 1. The highest BCUT2D eigenvalue weighted by Gasteiger charge is 2.17. The molecule has 6 heteroatoms. The van der Waals surface area contributed by atoms with Crippen molar-refractivity contribution in [2.75, 3.05) is 12.3 Å². The smallest absolute Gasteiger partial charge is 0.342 e. The van der Waals surface area contributed by atoms with Crippen LogP contribution in [0, 0.1) is 11.3 Å². The standard InChI is InChI=1S/C13H12N4O2/c1-2-19-13(18)11-6-9(15)8-16-12(11)17-5-3-4-10(17)7-14/h3-6,8H,2,15H2,1H3. The number of carbonyl (C=O) groups is 1. The first-order chi connectivity index (χ1) is 9.17.